The number of hydrogen-bond acceptors (Lipinski definition) is 4. The first-order valence-electron chi connectivity index (χ1n) is 13.1. The number of halogens is 1. The third-order valence-corrected chi connectivity index (χ3v) is 8.67. The third kappa shape index (κ3) is 7.86. The van der Waals surface area contributed by atoms with Crippen molar-refractivity contribution in [1.82, 2.24) is 10.2 Å². The summed E-state index contributed by atoms with van der Waals surface area (Å²) in [6.07, 6.45) is 0. The van der Waals surface area contributed by atoms with E-state index in [0.29, 0.717) is 5.02 Å². The molecule has 0 aromatic heterocycles. The molecule has 3 rings (SSSR count). The molecule has 0 unspecified atom stereocenters. The van der Waals surface area contributed by atoms with Crippen molar-refractivity contribution in [1.29, 1.82) is 0 Å². The van der Waals surface area contributed by atoms with Crippen LogP contribution in [0, 0.1) is 20.8 Å². The summed E-state index contributed by atoms with van der Waals surface area (Å²) in [7, 11) is -4.16. The van der Waals surface area contributed by atoms with Crippen molar-refractivity contribution in [2.75, 3.05) is 10.8 Å². The summed E-state index contributed by atoms with van der Waals surface area (Å²) in [5, 5.41) is 3.31. The molecule has 0 saturated heterocycles. The molecule has 0 aliphatic carbocycles. The van der Waals surface area contributed by atoms with Gasteiger partial charge in [-0.25, -0.2) is 8.42 Å². The van der Waals surface area contributed by atoms with E-state index in [0.717, 1.165) is 26.6 Å². The zero-order valence-corrected chi connectivity index (χ0v) is 25.7. The van der Waals surface area contributed by atoms with Crippen molar-refractivity contribution >= 4 is 39.1 Å². The van der Waals surface area contributed by atoms with E-state index in [4.69, 9.17) is 11.6 Å². The number of carbonyl (C=O) groups excluding carboxylic acids is 2. The van der Waals surface area contributed by atoms with Crippen LogP contribution in [0.1, 0.15) is 49.9 Å². The highest BCUT2D eigenvalue weighted by atomic mass is 35.5. The summed E-state index contributed by atoms with van der Waals surface area (Å²) in [5.74, 6) is -0.858. The summed E-state index contributed by atoms with van der Waals surface area (Å²) in [4.78, 5) is 28.6. The Morgan fingerprint density at radius 2 is 1.45 bits per heavy atom. The lowest BCUT2D eigenvalue weighted by Gasteiger charge is -2.33. The van der Waals surface area contributed by atoms with E-state index in [2.05, 4.69) is 5.32 Å². The average Bonchev–Trinajstić information content (AvgIpc) is 2.87. The van der Waals surface area contributed by atoms with Gasteiger partial charge in [0.25, 0.3) is 10.0 Å². The van der Waals surface area contributed by atoms with Crippen LogP contribution in [0.5, 0.6) is 0 Å². The zero-order chi connectivity index (χ0) is 29.8. The fourth-order valence-corrected chi connectivity index (χ4v) is 5.63. The van der Waals surface area contributed by atoms with Crippen LogP contribution in [0.3, 0.4) is 0 Å². The van der Waals surface area contributed by atoms with Crippen molar-refractivity contribution in [3.05, 3.63) is 94.0 Å². The van der Waals surface area contributed by atoms with Crippen LogP contribution >= 0.6 is 11.6 Å². The summed E-state index contributed by atoms with van der Waals surface area (Å²) < 4.78 is 28.9. The number of aryl methyl sites for hydroxylation is 3. The highest BCUT2D eigenvalue weighted by molar-refractivity contribution is 7.92. The summed E-state index contributed by atoms with van der Waals surface area (Å²) in [6, 6.07) is 18.1. The van der Waals surface area contributed by atoms with Crippen LogP contribution in [0.2, 0.25) is 5.02 Å². The molecule has 3 aromatic carbocycles. The van der Waals surface area contributed by atoms with Crippen LogP contribution in [0.4, 0.5) is 5.69 Å². The molecular formula is C31H38ClN3O4S. The van der Waals surface area contributed by atoms with Gasteiger partial charge in [-0.1, -0.05) is 65.2 Å². The largest absolute Gasteiger partial charge is 0.350 e. The molecule has 0 heterocycles. The van der Waals surface area contributed by atoms with Crippen molar-refractivity contribution in [2.24, 2.45) is 0 Å². The number of nitrogens with zero attached hydrogens (tertiary/aromatic N) is 2. The van der Waals surface area contributed by atoms with Crippen LogP contribution < -0.4 is 9.62 Å². The second-order valence-corrected chi connectivity index (χ2v) is 13.5. The van der Waals surface area contributed by atoms with E-state index in [-0.39, 0.29) is 23.0 Å². The number of carbonyl (C=O) groups is 2. The highest BCUT2D eigenvalue weighted by Crippen LogP contribution is 2.29. The van der Waals surface area contributed by atoms with E-state index in [1.165, 1.54) is 23.1 Å². The molecule has 1 atom stereocenters. The summed E-state index contributed by atoms with van der Waals surface area (Å²) in [6.45, 7) is 12.5. The van der Waals surface area contributed by atoms with Gasteiger partial charge in [-0.3, -0.25) is 13.9 Å². The number of amides is 2. The molecule has 40 heavy (non-hydrogen) atoms. The number of hydrogen-bond donors (Lipinski definition) is 1. The molecule has 0 aliphatic heterocycles. The van der Waals surface area contributed by atoms with E-state index < -0.39 is 34.1 Å². The van der Waals surface area contributed by atoms with Gasteiger partial charge in [0.1, 0.15) is 12.6 Å². The Labute approximate surface area is 243 Å². The van der Waals surface area contributed by atoms with Gasteiger partial charge < -0.3 is 10.2 Å². The van der Waals surface area contributed by atoms with Crippen LogP contribution in [-0.2, 0) is 26.2 Å². The standard InChI is InChI=1S/C31H38ClN3O4S/c1-21-8-13-25(14-9-21)19-34(24(4)30(37)33-31(5,6)7)29(36)20-35(26-15-12-23(3)28(32)18-26)40(38,39)27-16-10-22(2)11-17-27/h8-18,24H,19-20H2,1-7H3,(H,33,37)/t24-/m0/s1. The predicted molar refractivity (Wildman–Crippen MR) is 161 cm³/mol. The average molecular weight is 584 g/mol. The maximum Gasteiger partial charge on any atom is 0.264 e. The molecule has 1 N–H and O–H groups in total. The van der Waals surface area contributed by atoms with Gasteiger partial charge in [-0.05, 0) is 83.9 Å². The van der Waals surface area contributed by atoms with Gasteiger partial charge in [0.15, 0.2) is 0 Å². The first-order chi connectivity index (χ1) is 18.6. The molecule has 0 radical (unpaired) electrons. The van der Waals surface area contributed by atoms with Gasteiger partial charge in [-0.2, -0.15) is 0 Å². The minimum Gasteiger partial charge on any atom is -0.350 e. The number of benzene rings is 3. The lowest BCUT2D eigenvalue weighted by Crippen LogP contribution is -2.54. The Hall–Kier alpha value is -3.36. The lowest BCUT2D eigenvalue weighted by molar-refractivity contribution is -0.140. The van der Waals surface area contributed by atoms with Gasteiger partial charge in [0.2, 0.25) is 11.8 Å². The monoisotopic (exact) mass is 583 g/mol. The quantitative estimate of drug-likeness (QED) is 0.345. The van der Waals surface area contributed by atoms with Crippen molar-refractivity contribution < 1.29 is 18.0 Å². The van der Waals surface area contributed by atoms with Crippen LogP contribution in [-0.4, -0.2) is 43.3 Å². The van der Waals surface area contributed by atoms with Gasteiger partial charge >= 0.3 is 0 Å². The third-order valence-electron chi connectivity index (χ3n) is 6.47. The predicted octanol–water partition coefficient (Wildman–Crippen LogP) is 5.79. The smallest absolute Gasteiger partial charge is 0.264 e. The lowest BCUT2D eigenvalue weighted by atomic mass is 10.1. The number of anilines is 1. The Bertz CT molecular complexity index is 1460. The van der Waals surface area contributed by atoms with Crippen LogP contribution in [0.15, 0.2) is 71.6 Å². The van der Waals surface area contributed by atoms with E-state index >= 15 is 0 Å². The topological polar surface area (TPSA) is 86.8 Å². The van der Waals surface area contributed by atoms with E-state index in [9.17, 15) is 18.0 Å². The maximum absolute atomic E-state index is 14.0. The normalized spacial score (nSPS) is 12.5. The summed E-state index contributed by atoms with van der Waals surface area (Å²) in [5.41, 5.74) is 3.31. The SMILES string of the molecule is Cc1ccc(CN(C(=O)CN(c2ccc(C)c(Cl)c2)S(=O)(=O)c2ccc(C)cc2)[C@@H](C)C(=O)NC(C)(C)C)cc1. The molecule has 9 heteroatoms. The molecule has 0 bridgehead atoms. The van der Waals surface area contributed by atoms with Gasteiger partial charge in [0, 0.05) is 17.1 Å². The fourth-order valence-electron chi connectivity index (χ4n) is 4.05. The Morgan fingerprint density at radius 1 is 0.900 bits per heavy atom. The minimum atomic E-state index is -4.16. The Morgan fingerprint density at radius 3 is 1.98 bits per heavy atom. The molecule has 214 valence electrons. The Balaban J connectivity index is 2.06. The number of rotatable bonds is 9. The molecule has 7 nitrogen and oxygen atoms in total. The Kier molecular flexibility index (Phi) is 9.69. The molecule has 0 spiro atoms. The van der Waals surface area contributed by atoms with Crippen molar-refractivity contribution in [3.8, 4) is 0 Å². The number of sulfonamides is 1. The minimum absolute atomic E-state index is 0.0474. The second-order valence-electron chi connectivity index (χ2n) is 11.2. The van der Waals surface area contributed by atoms with Crippen molar-refractivity contribution in [3.63, 3.8) is 0 Å². The molecule has 0 aliphatic rings. The first kappa shape index (κ1) is 31.2. The van der Waals surface area contributed by atoms with Gasteiger partial charge in [0.05, 0.1) is 10.6 Å². The fraction of sp³-hybridized carbons (Fsp3) is 0.355. The van der Waals surface area contributed by atoms with E-state index in [1.54, 1.807) is 31.2 Å². The molecule has 2 amide bonds. The van der Waals surface area contributed by atoms with Gasteiger partial charge in [-0.15, -0.1) is 0 Å². The zero-order valence-electron chi connectivity index (χ0n) is 24.2. The molecular weight excluding hydrogens is 546 g/mol. The maximum atomic E-state index is 14.0. The first-order valence-corrected chi connectivity index (χ1v) is 14.9. The molecule has 3 aromatic rings. The second kappa shape index (κ2) is 12.4. The number of nitrogens with one attached hydrogen (secondary N) is 1. The summed E-state index contributed by atoms with van der Waals surface area (Å²) >= 11 is 6.38. The molecule has 0 saturated carbocycles. The highest BCUT2D eigenvalue weighted by Gasteiger charge is 2.33. The molecule has 0 fully saturated rings. The van der Waals surface area contributed by atoms with E-state index in [1.807, 2.05) is 65.8 Å². The van der Waals surface area contributed by atoms with Crippen LogP contribution in [0.25, 0.3) is 0 Å². The van der Waals surface area contributed by atoms with Crippen molar-refractivity contribution in [2.45, 2.75) is 71.5 Å².